The van der Waals surface area contributed by atoms with Crippen molar-refractivity contribution in [2.24, 2.45) is 0 Å². The summed E-state index contributed by atoms with van der Waals surface area (Å²) in [5.41, 5.74) is 1.25. The fourth-order valence-corrected chi connectivity index (χ4v) is 2.31. The normalized spacial score (nSPS) is 12.5. The van der Waals surface area contributed by atoms with Gasteiger partial charge in [0.1, 0.15) is 17.3 Å². The van der Waals surface area contributed by atoms with E-state index in [0.717, 1.165) is 5.56 Å². The second kappa shape index (κ2) is 7.39. The SMILES string of the molecule is Cc1nc(C(=O)N[C@@](C)(C#N)CCc2ccccc2)ccc1C#N. The van der Waals surface area contributed by atoms with E-state index in [9.17, 15) is 10.1 Å². The minimum absolute atomic E-state index is 0.202. The number of carbonyl (C=O) groups excluding carboxylic acids is 1. The molecule has 2 aromatic rings. The van der Waals surface area contributed by atoms with E-state index in [4.69, 9.17) is 5.26 Å². The smallest absolute Gasteiger partial charge is 0.271 e. The maximum atomic E-state index is 12.4. The Bertz CT molecular complexity index is 817. The molecule has 1 aromatic carbocycles. The lowest BCUT2D eigenvalue weighted by Crippen LogP contribution is -2.45. The molecule has 5 heteroatoms. The summed E-state index contributed by atoms with van der Waals surface area (Å²) in [6.45, 7) is 3.37. The van der Waals surface area contributed by atoms with Crippen molar-refractivity contribution in [2.45, 2.75) is 32.2 Å². The van der Waals surface area contributed by atoms with E-state index in [1.54, 1.807) is 19.9 Å². The van der Waals surface area contributed by atoms with Crippen LogP contribution >= 0.6 is 0 Å². The Kier molecular flexibility index (Phi) is 5.29. The third-order valence-electron chi connectivity index (χ3n) is 3.83. The maximum Gasteiger partial charge on any atom is 0.271 e. The first-order valence-corrected chi connectivity index (χ1v) is 7.63. The molecule has 1 amide bonds. The average molecular weight is 318 g/mol. The largest absolute Gasteiger partial charge is 0.333 e. The predicted octanol–water partition coefficient (Wildman–Crippen LogP) is 2.91. The van der Waals surface area contributed by atoms with Crippen molar-refractivity contribution in [2.75, 3.05) is 0 Å². The van der Waals surface area contributed by atoms with Gasteiger partial charge in [0.2, 0.25) is 0 Å². The molecule has 0 fully saturated rings. The molecule has 0 spiro atoms. The van der Waals surface area contributed by atoms with Gasteiger partial charge < -0.3 is 5.32 Å². The number of benzene rings is 1. The van der Waals surface area contributed by atoms with Gasteiger partial charge in [0.05, 0.1) is 17.3 Å². The van der Waals surface area contributed by atoms with Gasteiger partial charge in [-0.2, -0.15) is 10.5 Å². The number of aryl methyl sites for hydroxylation is 2. The van der Waals surface area contributed by atoms with Gasteiger partial charge in [0.15, 0.2) is 0 Å². The Morgan fingerprint density at radius 1 is 1.21 bits per heavy atom. The Morgan fingerprint density at radius 2 is 1.92 bits per heavy atom. The van der Waals surface area contributed by atoms with Crippen LogP contribution in [0.25, 0.3) is 0 Å². The van der Waals surface area contributed by atoms with Gasteiger partial charge in [0.25, 0.3) is 5.91 Å². The third kappa shape index (κ3) is 4.18. The highest BCUT2D eigenvalue weighted by Crippen LogP contribution is 2.15. The first kappa shape index (κ1) is 17.2. The van der Waals surface area contributed by atoms with Crippen molar-refractivity contribution in [3.63, 3.8) is 0 Å². The average Bonchev–Trinajstić information content (AvgIpc) is 2.61. The first-order valence-electron chi connectivity index (χ1n) is 7.63. The van der Waals surface area contributed by atoms with E-state index in [1.165, 1.54) is 6.07 Å². The van der Waals surface area contributed by atoms with E-state index in [1.807, 2.05) is 36.4 Å². The Morgan fingerprint density at radius 3 is 2.50 bits per heavy atom. The molecule has 24 heavy (non-hydrogen) atoms. The van der Waals surface area contributed by atoms with Crippen molar-refractivity contribution in [1.29, 1.82) is 10.5 Å². The van der Waals surface area contributed by atoms with Gasteiger partial charge in [-0.1, -0.05) is 30.3 Å². The van der Waals surface area contributed by atoms with Crippen LogP contribution in [0.5, 0.6) is 0 Å². The molecule has 0 radical (unpaired) electrons. The van der Waals surface area contributed by atoms with Gasteiger partial charge in [-0.05, 0) is 44.4 Å². The number of hydrogen-bond acceptors (Lipinski definition) is 4. The molecule has 0 aliphatic rings. The number of carbonyl (C=O) groups is 1. The number of aromatic nitrogens is 1. The first-order chi connectivity index (χ1) is 11.5. The summed E-state index contributed by atoms with van der Waals surface area (Å²) >= 11 is 0. The lowest BCUT2D eigenvalue weighted by molar-refractivity contribution is 0.0916. The Balaban J connectivity index is 2.08. The van der Waals surface area contributed by atoms with E-state index in [2.05, 4.69) is 16.4 Å². The van der Waals surface area contributed by atoms with Crippen molar-refractivity contribution >= 4 is 5.91 Å². The maximum absolute atomic E-state index is 12.4. The van der Waals surface area contributed by atoms with Crippen LogP contribution in [-0.2, 0) is 6.42 Å². The van der Waals surface area contributed by atoms with Crippen LogP contribution in [0.1, 0.15) is 40.7 Å². The molecule has 0 aliphatic heterocycles. The molecule has 1 atom stereocenters. The standard InChI is InChI=1S/C19H18N4O/c1-14-16(12-20)8-9-17(22-14)18(24)23-19(2,13-21)11-10-15-6-4-3-5-7-15/h3-9H,10-11H2,1-2H3,(H,23,24)/t19-/m1/s1. The highest BCUT2D eigenvalue weighted by Gasteiger charge is 2.27. The summed E-state index contributed by atoms with van der Waals surface area (Å²) in [5, 5.41) is 21.1. The summed E-state index contributed by atoms with van der Waals surface area (Å²) in [7, 11) is 0. The minimum atomic E-state index is -0.990. The fourth-order valence-electron chi connectivity index (χ4n) is 2.31. The van der Waals surface area contributed by atoms with Crippen LogP contribution in [-0.4, -0.2) is 16.4 Å². The number of nitrogens with one attached hydrogen (secondary N) is 1. The van der Waals surface area contributed by atoms with Gasteiger partial charge in [-0.3, -0.25) is 4.79 Å². The molecule has 0 bridgehead atoms. The highest BCUT2D eigenvalue weighted by molar-refractivity contribution is 5.93. The van der Waals surface area contributed by atoms with E-state index in [0.29, 0.717) is 24.1 Å². The molecule has 0 saturated carbocycles. The lowest BCUT2D eigenvalue weighted by Gasteiger charge is -2.23. The quantitative estimate of drug-likeness (QED) is 0.918. The van der Waals surface area contributed by atoms with Crippen LogP contribution in [0.2, 0.25) is 0 Å². The van der Waals surface area contributed by atoms with Crippen LogP contribution in [0.15, 0.2) is 42.5 Å². The molecule has 0 unspecified atom stereocenters. The molecule has 1 heterocycles. The highest BCUT2D eigenvalue weighted by atomic mass is 16.2. The minimum Gasteiger partial charge on any atom is -0.333 e. The summed E-state index contributed by atoms with van der Waals surface area (Å²) in [6, 6.07) is 17.1. The molecule has 5 nitrogen and oxygen atoms in total. The topological polar surface area (TPSA) is 89.6 Å². The van der Waals surface area contributed by atoms with Crippen molar-refractivity contribution in [1.82, 2.24) is 10.3 Å². The zero-order valence-electron chi connectivity index (χ0n) is 13.7. The van der Waals surface area contributed by atoms with E-state index in [-0.39, 0.29) is 5.69 Å². The Hall–Kier alpha value is -3.18. The number of hydrogen-bond donors (Lipinski definition) is 1. The molecule has 0 saturated heterocycles. The fraction of sp³-hybridized carbons (Fsp3) is 0.263. The number of pyridine rings is 1. The van der Waals surface area contributed by atoms with E-state index < -0.39 is 11.4 Å². The monoisotopic (exact) mass is 318 g/mol. The summed E-state index contributed by atoms with van der Waals surface area (Å²) in [5.74, 6) is -0.417. The number of nitriles is 2. The number of rotatable bonds is 5. The van der Waals surface area contributed by atoms with Gasteiger partial charge in [-0.25, -0.2) is 4.98 Å². The molecular weight excluding hydrogens is 300 g/mol. The second-order valence-corrected chi connectivity index (χ2v) is 5.82. The van der Waals surface area contributed by atoms with Crippen LogP contribution in [0.3, 0.4) is 0 Å². The van der Waals surface area contributed by atoms with Crippen molar-refractivity contribution in [3.8, 4) is 12.1 Å². The number of amides is 1. The van der Waals surface area contributed by atoms with Crippen LogP contribution < -0.4 is 5.32 Å². The summed E-state index contributed by atoms with van der Waals surface area (Å²) < 4.78 is 0. The lowest BCUT2D eigenvalue weighted by atomic mass is 9.94. The molecular formula is C19H18N4O. The zero-order valence-corrected chi connectivity index (χ0v) is 13.7. The zero-order chi connectivity index (χ0) is 17.6. The Labute approximate surface area is 141 Å². The van der Waals surface area contributed by atoms with Gasteiger partial charge >= 0.3 is 0 Å². The van der Waals surface area contributed by atoms with E-state index >= 15 is 0 Å². The molecule has 1 N–H and O–H groups in total. The van der Waals surface area contributed by atoms with Crippen molar-refractivity contribution < 1.29 is 4.79 Å². The van der Waals surface area contributed by atoms with Crippen LogP contribution in [0.4, 0.5) is 0 Å². The summed E-state index contributed by atoms with van der Waals surface area (Å²) in [4.78, 5) is 16.5. The molecule has 2 rings (SSSR count). The molecule has 0 aliphatic carbocycles. The second-order valence-electron chi connectivity index (χ2n) is 5.82. The number of nitrogens with zero attached hydrogens (tertiary/aromatic N) is 3. The third-order valence-corrected chi connectivity index (χ3v) is 3.83. The van der Waals surface area contributed by atoms with Crippen LogP contribution in [0, 0.1) is 29.6 Å². The van der Waals surface area contributed by atoms with Crippen molar-refractivity contribution in [3.05, 3.63) is 65.0 Å². The van der Waals surface area contributed by atoms with Gasteiger partial charge in [0, 0.05) is 0 Å². The molecule has 1 aromatic heterocycles. The predicted molar refractivity (Wildman–Crippen MR) is 89.9 cm³/mol. The molecule has 120 valence electrons. The van der Waals surface area contributed by atoms with Gasteiger partial charge in [-0.15, -0.1) is 0 Å². The summed E-state index contributed by atoms with van der Waals surface area (Å²) in [6.07, 6.45) is 1.18.